The van der Waals surface area contributed by atoms with Crippen LogP contribution in [-0.2, 0) is 11.3 Å². The third-order valence-corrected chi connectivity index (χ3v) is 2.51. The standard InChI is InChI=1S/C7H12N4OS/c1-3-11-5-9-10-7(11)13-4-6(12)8-2/h5H,3-4H2,1-2H3,(H,8,12). The number of hydrogen-bond acceptors (Lipinski definition) is 4. The third kappa shape index (κ3) is 2.73. The van der Waals surface area contributed by atoms with Crippen molar-refractivity contribution in [3.63, 3.8) is 0 Å². The van der Waals surface area contributed by atoms with Gasteiger partial charge in [-0.15, -0.1) is 10.2 Å². The zero-order valence-corrected chi connectivity index (χ0v) is 8.47. The molecule has 0 aliphatic rings. The van der Waals surface area contributed by atoms with Crippen LogP contribution in [0.2, 0.25) is 0 Å². The summed E-state index contributed by atoms with van der Waals surface area (Å²) in [6.07, 6.45) is 1.66. The van der Waals surface area contributed by atoms with Crippen LogP contribution in [0.1, 0.15) is 6.92 Å². The molecular formula is C7H12N4OS. The first-order valence-corrected chi connectivity index (χ1v) is 4.97. The highest BCUT2D eigenvalue weighted by Crippen LogP contribution is 2.13. The highest BCUT2D eigenvalue weighted by Gasteiger charge is 2.05. The Bertz CT molecular complexity index is 286. The lowest BCUT2D eigenvalue weighted by molar-refractivity contribution is -0.118. The molecule has 5 nitrogen and oxygen atoms in total. The van der Waals surface area contributed by atoms with Crippen molar-refractivity contribution in [3.8, 4) is 0 Å². The van der Waals surface area contributed by atoms with E-state index in [-0.39, 0.29) is 5.91 Å². The number of aryl methyl sites for hydroxylation is 1. The number of nitrogens with one attached hydrogen (secondary N) is 1. The Morgan fingerprint density at radius 2 is 2.54 bits per heavy atom. The van der Waals surface area contributed by atoms with Crippen molar-refractivity contribution in [1.82, 2.24) is 20.1 Å². The number of rotatable bonds is 4. The summed E-state index contributed by atoms with van der Waals surface area (Å²) in [5.74, 6) is 0.380. The Balaban J connectivity index is 2.49. The number of aromatic nitrogens is 3. The molecule has 1 aromatic heterocycles. The van der Waals surface area contributed by atoms with Crippen LogP contribution >= 0.6 is 11.8 Å². The highest BCUT2D eigenvalue weighted by atomic mass is 32.2. The molecule has 0 atom stereocenters. The molecule has 72 valence electrons. The first kappa shape index (κ1) is 10.0. The van der Waals surface area contributed by atoms with E-state index >= 15 is 0 Å². The van der Waals surface area contributed by atoms with Gasteiger partial charge < -0.3 is 9.88 Å². The van der Waals surface area contributed by atoms with Gasteiger partial charge in [-0.25, -0.2) is 0 Å². The topological polar surface area (TPSA) is 59.8 Å². The van der Waals surface area contributed by atoms with Crippen molar-refractivity contribution in [2.24, 2.45) is 0 Å². The molecule has 0 radical (unpaired) electrons. The Labute approximate surface area is 80.9 Å². The third-order valence-electron chi connectivity index (χ3n) is 1.53. The van der Waals surface area contributed by atoms with E-state index in [0.29, 0.717) is 5.75 Å². The molecule has 13 heavy (non-hydrogen) atoms. The summed E-state index contributed by atoms with van der Waals surface area (Å²) in [4.78, 5) is 10.9. The molecule has 1 rings (SSSR count). The lowest BCUT2D eigenvalue weighted by Crippen LogP contribution is -2.20. The fourth-order valence-electron chi connectivity index (χ4n) is 0.775. The maximum atomic E-state index is 10.9. The maximum absolute atomic E-state index is 10.9. The van der Waals surface area contributed by atoms with E-state index < -0.39 is 0 Å². The van der Waals surface area contributed by atoms with Gasteiger partial charge in [0.15, 0.2) is 5.16 Å². The molecule has 1 aromatic rings. The molecule has 0 aromatic carbocycles. The zero-order valence-electron chi connectivity index (χ0n) is 7.65. The summed E-state index contributed by atoms with van der Waals surface area (Å²) in [5.41, 5.74) is 0. The SMILES string of the molecule is CCn1cnnc1SCC(=O)NC. The van der Waals surface area contributed by atoms with Gasteiger partial charge in [-0.1, -0.05) is 11.8 Å². The number of carbonyl (C=O) groups is 1. The molecule has 1 heterocycles. The van der Waals surface area contributed by atoms with Gasteiger partial charge in [-0.3, -0.25) is 4.79 Å². The monoisotopic (exact) mass is 200 g/mol. The molecule has 0 bridgehead atoms. The molecule has 6 heteroatoms. The van der Waals surface area contributed by atoms with E-state index in [9.17, 15) is 4.79 Å². The van der Waals surface area contributed by atoms with Crippen LogP contribution in [0.25, 0.3) is 0 Å². The van der Waals surface area contributed by atoms with Crippen molar-refractivity contribution in [2.45, 2.75) is 18.6 Å². The largest absolute Gasteiger partial charge is 0.358 e. The van der Waals surface area contributed by atoms with E-state index in [1.807, 2.05) is 11.5 Å². The van der Waals surface area contributed by atoms with Crippen LogP contribution in [0.5, 0.6) is 0 Å². The average molecular weight is 200 g/mol. The van der Waals surface area contributed by atoms with Crippen LogP contribution in [-0.4, -0.2) is 33.5 Å². The number of thioether (sulfide) groups is 1. The molecule has 0 spiro atoms. The van der Waals surface area contributed by atoms with Crippen molar-refractivity contribution in [1.29, 1.82) is 0 Å². The van der Waals surface area contributed by atoms with Gasteiger partial charge in [-0.05, 0) is 6.92 Å². The molecule has 1 amide bonds. The smallest absolute Gasteiger partial charge is 0.230 e. The maximum Gasteiger partial charge on any atom is 0.230 e. The number of nitrogens with zero attached hydrogens (tertiary/aromatic N) is 3. The van der Waals surface area contributed by atoms with Gasteiger partial charge in [0.25, 0.3) is 0 Å². The Hall–Kier alpha value is -1.04. The highest BCUT2D eigenvalue weighted by molar-refractivity contribution is 7.99. The minimum atomic E-state index is -0.00402. The molecule has 0 aliphatic carbocycles. The van der Waals surface area contributed by atoms with Gasteiger partial charge in [0.05, 0.1) is 5.75 Å². The van der Waals surface area contributed by atoms with Crippen LogP contribution in [0.4, 0.5) is 0 Å². The molecular weight excluding hydrogens is 188 g/mol. The lowest BCUT2D eigenvalue weighted by Gasteiger charge is -2.01. The zero-order chi connectivity index (χ0) is 9.68. The van der Waals surface area contributed by atoms with E-state index in [2.05, 4.69) is 15.5 Å². The second-order valence-corrected chi connectivity index (χ2v) is 3.30. The molecule has 1 N–H and O–H groups in total. The summed E-state index contributed by atoms with van der Waals surface area (Å²) in [7, 11) is 1.62. The summed E-state index contributed by atoms with van der Waals surface area (Å²) >= 11 is 1.39. The van der Waals surface area contributed by atoms with Gasteiger partial charge in [0.1, 0.15) is 6.33 Å². The molecule has 0 unspecified atom stereocenters. The van der Waals surface area contributed by atoms with Crippen molar-refractivity contribution in [2.75, 3.05) is 12.8 Å². The first-order valence-electron chi connectivity index (χ1n) is 3.99. The van der Waals surface area contributed by atoms with Crippen molar-refractivity contribution >= 4 is 17.7 Å². The minimum absolute atomic E-state index is 0.00402. The normalized spacial score (nSPS) is 10.0. The number of carbonyl (C=O) groups excluding carboxylic acids is 1. The summed E-state index contributed by atoms with van der Waals surface area (Å²) in [5, 5.41) is 11.0. The van der Waals surface area contributed by atoms with Crippen LogP contribution in [0, 0.1) is 0 Å². The van der Waals surface area contributed by atoms with Crippen molar-refractivity contribution < 1.29 is 4.79 Å². The van der Waals surface area contributed by atoms with Gasteiger partial charge in [-0.2, -0.15) is 0 Å². The van der Waals surface area contributed by atoms with Crippen molar-refractivity contribution in [3.05, 3.63) is 6.33 Å². The number of amides is 1. The quantitative estimate of drug-likeness (QED) is 0.702. The molecule has 0 saturated carbocycles. The van der Waals surface area contributed by atoms with Gasteiger partial charge in [0.2, 0.25) is 5.91 Å². The summed E-state index contributed by atoms with van der Waals surface area (Å²) in [6.45, 7) is 2.83. The molecule has 0 aliphatic heterocycles. The van der Waals surface area contributed by atoms with E-state index in [1.54, 1.807) is 13.4 Å². The summed E-state index contributed by atoms with van der Waals surface area (Å²) in [6, 6.07) is 0. The summed E-state index contributed by atoms with van der Waals surface area (Å²) < 4.78 is 1.90. The Kier molecular flexibility index (Phi) is 3.75. The van der Waals surface area contributed by atoms with Gasteiger partial charge in [0, 0.05) is 13.6 Å². The predicted molar refractivity (Wildman–Crippen MR) is 50.5 cm³/mol. The second kappa shape index (κ2) is 4.86. The van der Waals surface area contributed by atoms with Crippen LogP contribution in [0.15, 0.2) is 11.5 Å². The van der Waals surface area contributed by atoms with Gasteiger partial charge >= 0.3 is 0 Å². The fourth-order valence-corrected chi connectivity index (χ4v) is 1.63. The average Bonchev–Trinajstić information content (AvgIpc) is 2.61. The number of hydrogen-bond donors (Lipinski definition) is 1. The Morgan fingerprint density at radius 3 is 3.15 bits per heavy atom. The molecule has 0 saturated heterocycles. The van der Waals surface area contributed by atoms with Crippen LogP contribution < -0.4 is 5.32 Å². The fraction of sp³-hybridized carbons (Fsp3) is 0.571. The molecule has 0 fully saturated rings. The predicted octanol–water partition coefficient (Wildman–Crippen LogP) is 0.136. The minimum Gasteiger partial charge on any atom is -0.358 e. The van der Waals surface area contributed by atoms with Crippen LogP contribution in [0.3, 0.4) is 0 Å². The lowest BCUT2D eigenvalue weighted by atomic mass is 10.7. The van der Waals surface area contributed by atoms with E-state index in [0.717, 1.165) is 11.7 Å². The second-order valence-electron chi connectivity index (χ2n) is 2.36. The van der Waals surface area contributed by atoms with E-state index in [4.69, 9.17) is 0 Å². The Morgan fingerprint density at radius 1 is 1.77 bits per heavy atom. The first-order chi connectivity index (χ1) is 6.27. The van der Waals surface area contributed by atoms with E-state index in [1.165, 1.54) is 11.8 Å².